The second-order valence-electron chi connectivity index (χ2n) is 5.18. The van der Waals surface area contributed by atoms with Crippen molar-refractivity contribution in [2.45, 2.75) is 38.5 Å². The van der Waals surface area contributed by atoms with Crippen molar-refractivity contribution in [3.63, 3.8) is 0 Å². The number of hydrogen-bond acceptors (Lipinski definition) is 4. The van der Waals surface area contributed by atoms with Gasteiger partial charge in [0.15, 0.2) is 0 Å². The molecule has 104 valence electrons. The molecule has 1 atom stereocenters. The summed E-state index contributed by atoms with van der Waals surface area (Å²) in [5, 5.41) is 3.91. The third-order valence-corrected chi connectivity index (χ3v) is 3.71. The predicted octanol–water partition coefficient (Wildman–Crippen LogP) is 3.41. The fourth-order valence-electron chi connectivity index (χ4n) is 2.52. The number of hydrogen-bond donors (Lipinski definition) is 0. The molecule has 1 aromatic heterocycles. The van der Waals surface area contributed by atoms with Gasteiger partial charge in [-0.05, 0) is 43.5 Å². The van der Waals surface area contributed by atoms with Gasteiger partial charge in [0, 0.05) is 12.0 Å². The number of rotatable bonds is 2. The zero-order valence-electron chi connectivity index (χ0n) is 11.2. The first kappa shape index (κ1) is 13.0. The second-order valence-corrected chi connectivity index (χ2v) is 5.18. The molecule has 2 aromatic rings. The first-order valence-electron chi connectivity index (χ1n) is 6.78. The summed E-state index contributed by atoms with van der Waals surface area (Å²) in [6.07, 6.45) is 3.29. The van der Waals surface area contributed by atoms with E-state index in [0.717, 1.165) is 19.3 Å². The molecule has 0 aliphatic heterocycles. The molecule has 1 aliphatic rings. The van der Waals surface area contributed by atoms with Gasteiger partial charge in [0.1, 0.15) is 11.6 Å². The summed E-state index contributed by atoms with van der Waals surface area (Å²) < 4.78 is 18.5. The molecule has 1 saturated carbocycles. The Morgan fingerprint density at radius 2 is 2.20 bits per heavy atom. The number of aryl methyl sites for hydroxylation is 1. The van der Waals surface area contributed by atoms with E-state index in [2.05, 4.69) is 10.1 Å². The summed E-state index contributed by atoms with van der Waals surface area (Å²) in [7, 11) is 0. The van der Waals surface area contributed by atoms with E-state index in [1.807, 2.05) is 0 Å². The highest BCUT2D eigenvalue weighted by Gasteiger charge is 2.29. The predicted molar refractivity (Wildman–Crippen MR) is 70.6 cm³/mol. The van der Waals surface area contributed by atoms with E-state index in [9.17, 15) is 9.18 Å². The molecule has 0 bridgehead atoms. The van der Waals surface area contributed by atoms with Crippen molar-refractivity contribution >= 4 is 5.78 Å². The lowest BCUT2D eigenvalue weighted by Gasteiger charge is -2.16. The SMILES string of the molecule is Cc1cc(-c2noc(C3CCCCC3=O)n2)ccc1F. The van der Waals surface area contributed by atoms with Crippen LogP contribution in [0.25, 0.3) is 11.4 Å². The number of aromatic nitrogens is 2. The first-order chi connectivity index (χ1) is 9.65. The topological polar surface area (TPSA) is 56.0 Å². The first-order valence-corrected chi connectivity index (χ1v) is 6.78. The maximum Gasteiger partial charge on any atom is 0.237 e. The van der Waals surface area contributed by atoms with Crippen LogP contribution in [0.3, 0.4) is 0 Å². The smallest absolute Gasteiger partial charge is 0.237 e. The summed E-state index contributed by atoms with van der Waals surface area (Å²) >= 11 is 0. The van der Waals surface area contributed by atoms with Crippen LogP contribution >= 0.6 is 0 Å². The van der Waals surface area contributed by atoms with Crippen LogP contribution in [0.4, 0.5) is 4.39 Å². The summed E-state index contributed by atoms with van der Waals surface area (Å²) in [5.41, 5.74) is 1.23. The number of Topliss-reactive ketones (excluding diaryl/α,β-unsaturated/α-hetero) is 1. The molecule has 0 saturated heterocycles. The van der Waals surface area contributed by atoms with Gasteiger partial charge in [0.05, 0.1) is 5.92 Å². The van der Waals surface area contributed by atoms with E-state index >= 15 is 0 Å². The van der Waals surface area contributed by atoms with Crippen LogP contribution in [0.2, 0.25) is 0 Å². The lowest BCUT2D eigenvalue weighted by molar-refractivity contribution is -0.122. The van der Waals surface area contributed by atoms with Gasteiger partial charge in [-0.15, -0.1) is 0 Å². The van der Waals surface area contributed by atoms with Crippen molar-refractivity contribution in [3.8, 4) is 11.4 Å². The highest BCUT2D eigenvalue weighted by molar-refractivity contribution is 5.85. The molecule has 0 amide bonds. The van der Waals surface area contributed by atoms with E-state index in [0.29, 0.717) is 29.3 Å². The Morgan fingerprint density at radius 1 is 1.35 bits per heavy atom. The van der Waals surface area contributed by atoms with Crippen molar-refractivity contribution in [3.05, 3.63) is 35.5 Å². The van der Waals surface area contributed by atoms with Crippen LogP contribution in [0.1, 0.15) is 43.1 Å². The van der Waals surface area contributed by atoms with Gasteiger partial charge in [-0.2, -0.15) is 4.98 Å². The maximum atomic E-state index is 13.3. The zero-order chi connectivity index (χ0) is 14.1. The molecule has 1 unspecified atom stereocenters. The van der Waals surface area contributed by atoms with Gasteiger partial charge in [0.25, 0.3) is 0 Å². The normalized spacial score (nSPS) is 19.3. The monoisotopic (exact) mass is 274 g/mol. The Bertz CT molecular complexity index is 651. The van der Waals surface area contributed by atoms with Crippen LogP contribution < -0.4 is 0 Å². The highest BCUT2D eigenvalue weighted by Crippen LogP contribution is 2.30. The molecule has 3 rings (SSSR count). The summed E-state index contributed by atoms with van der Waals surface area (Å²) in [6, 6.07) is 4.67. The van der Waals surface area contributed by atoms with Crippen LogP contribution in [0.5, 0.6) is 0 Å². The van der Waals surface area contributed by atoms with Crippen LogP contribution in [0.15, 0.2) is 22.7 Å². The Balaban J connectivity index is 1.89. The van der Waals surface area contributed by atoms with Gasteiger partial charge in [-0.3, -0.25) is 4.79 Å². The average Bonchev–Trinajstić information content (AvgIpc) is 2.92. The molecule has 0 N–H and O–H groups in total. The molecule has 1 heterocycles. The number of benzene rings is 1. The van der Waals surface area contributed by atoms with Crippen molar-refractivity contribution < 1.29 is 13.7 Å². The fourth-order valence-corrected chi connectivity index (χ4v) is 2.52. The van der Waals surface area contributed by atoms with E-state index in [1.165, 1.54) is 6.07 Å². The number of ketones is 1. The lowest BCUT2D eigenvalue weighted by atomic mass is 9.88. The molecule has 20 heavy (non-hydrogen) atoms. The van der Waals surface area contributed by atoms with E-state index in [1.54, 1.807) is 19.1 Å². The minimum atomic E-state index is -0.272. The van der Waals surface area contributed by atoms with Gasteiger partial charge < -0.3 is 4.52 Å². The van der Waals surface area contributed by atoms with Crippen molar-refractivity contribution in [1.82, 2.24) is 10.1 Å². The molecule has 0 radical (unpaired) electrons. The molecule has 1 aliphatic carbocycles. The van der Waals surface area contributed by atoms with Gasteiger partial charge in [-0.25, -0.2) is 4.39 Å². The third-order valence-electron chi connectivity index (χ3n) is 3.71. The quantitative estimate of drug-likeness (QED) is 0.842. The van der Waals surface area contributed by atoms with Crippen molar-refractivity contribution in [2.24, 2.45) is 0 Å². The molecular weight excluding hydrogens is 259 g/mol. The molecular formula is C15H15FN2O2. The van der Waals surface area contributed by atoms with Gasteiger partial charge >= 0.3 is 0 Å². The Labute approximate surface area is 116 Å². The molecule has 1 fully saturated rings. The second kappa shape index (κ2) is 5.15. The fraction of sp³-hybridized carbons (Fsp3) is 0.400. The summed E-state index contributed by atoms with van der Waals surface area (Å²) in [4.78, 5) is 16.2. The summed E-state index contributed by atoms with van der Waals surface area (Å²) in [6.45, 7) is 1.69. The highest BCUT2D eigenvalue weighted by atomic mass is 19.1. The number of nitrogens with zero attached hydrogens (tertiary/aromatic N) is 2. The van der Waals surface area contributed by atoms with Crippen LogP contribution in [-0.2, 0) is 4.79 Å². The molecule has 0 spiro atoms. The lowest BCUT2D eigenvalue weighted by Crippen LogP contribution is -2.17. The Morgan fingerprint density at radius 3 is 2.95 bits per heavy atom. The zero-order valence-corrected chi connectivity index (χ0v) is 11.2. The molecule has 5 heteroatoms. The standard InChI is InChI=1S/C15H15FN2O2/c1-9-8-10(6-7-12(9)16)14-17-15(20-18-14)11-4-2-3-5-13(11)19/h6-8,11H,2-5H2,1H3. The molecule has 1 aromatic carbocycles. The minimum absolute atomic E-state index is 0.168. The van der Waals surface area contributed by atoms with Crippen LogP contribution in [0, 0.1) is 12.7 Å². The molecule has 4 nitrogen and oxygen atoms in total. The summed E-state index contributed by atoms with van der Waals surface area (Å²) in [5.74, 6) is 0.418. The third kappa shape index (κ3) is 2.35. The number of carbonyl (C=O) groups is 1. The van der Waals surface area contributed by atoms with E-state index < -0.39 is 0 Å². The van der Waals surface area contributed by atoms with Crippen LogP contribution in [-0.4, -0.2) is 15.9 Å². The van der Waals surface area contributed by atoms with Crippen molar-refractivity contribution in [2.75, 3.05) is 0 Å². The number of carbonyl (C=O) groups excluding carboxylic acids is 1. The average molecular weight is 274 g/mol. The largest absolute Gasteiger partial charge is 0.338 e. The Hall–Kier alpha value is -2.04. The van der Waals surface area contributed by atoms with E-state index in [-0.39, 0.29) is 17.5 Å². The van der Waals surface area contributed by atoms with Gasteiger partial charge in [0.2, 0.25) is 11.7 Å². The van der Waals surface area contributed by atoms with Crippen molar-refractivity contribution in [1.29, 1.82) is 0 Å². The maximum absolute atomic E-state index is 13.3. The Kier molecular flexibility index (Phi) is 3.34. The minimum Gasteiger partial charge on any atom is -0.338 e. The van der Waals surface area contributed by atoms with Gasteiger partial charge in [-0.1, -0.05) is 11.6 Å². The number of halogens is 1. The van der Waals surface area contributed by atoms with E-state index in [4.69, 9.17) is 4.52 Å².